The minimum Gasteiger partial charge on any atom is -0.497 e. The Balaban J connectivity index is 1.83. The molecule has 2 heterocycles. The zero-order valence-electron chi connectivity index (χ0n) is 16.3. The van der Waals surface area contributed by atoms with Crippen molar-refractivity contribution in [2.45, 2.75) is 13.1 Å². The van der Waals surface area contributed by atoms with E-state index in [2.05, 4.69) is 10.3 Å². The number of methoxy groups -OCH3 is 2. The summed E-state index contributed by atoms with van der Waals surface area (Å²) in [5, 5.41) is 4.04. The molecular formula is C22H20ClN3O3. The number of carbonyl (C=O) groups is 1. The molecule has 1 N–H and O–H groups in total. The predicted octanol–water partition coefficient (Wildman–Crippen LogP) is 4.83. The molecule has 0 saturated heterocycles. The average Bonchev–Trinajstić information content (AvgIpc) is 3.02. The second kappa shape index (κ2) is 7.64. The zero-order valence-corrected chi connectivity index (χ0v) is 17.0. The number of aromatic nitrogens is 1. The third-order valence-corrected chi connectivity index (χ3v) is 5.33. The second-order valence-corrected chi connectivity index (χ2v) is 7.07. The normalized spacial score (nSPS) is 15.2. The van der Waals surface area contributed by atoms with Gasteiger partial charge in [0, 0.05) is 23.0 Å². The second-order valence-electron chi connectivity index (χ2n) is 6.66. The lowest BCUT2D eigenvalue weighted by atomic mass is 10.2. The number of fused-ring (bicyclic) bond motifs is 1. The fourth-order valence-electron chi connectivity index (χ4n) is 3.39. The van der Waals surface area contributed by atoms with Gasteiger partial charge in [-0.2, -0.15) is 0 Å². The summed E-state index contributed by atoms with van der Waals surface area (Å²) in [5.74, 6) is 1.01. The van der Waals surface area contributed by atoms with Gasteiger partial charge in [0.2, 0.25) is 0 Å². The first kappa shape index (κ1) is 19.1. The van der Waals surface area contributed by atoms with Gasteiger partial charge < -0.3 is 14.8 Å². The van der Waals surface area contributed by atoms with E-state index in [4.69, 9.17) is 21.1 Å². The maximum absolute atomic E-state index is 13.3. The largest absolute Gasteiger partial charge is 0.497 e. The first-order valence-electron chi connectivity index (χ1n) is 9.06. The van der Waals surface area contributed by atoms with Crippen LogP contribution < -0.4 is 19.7 Å². The number of nitrogens with zero attached hydrogens (tertiary/aromatic N) is 2. The van der Waals surface area contributed by atoms with Crippen LogP contribution in [0.1, 0.15) is 27.8 Å². The molecule has 0 spiro atoms. The van der Waals surface area contributed by atoms with Crippen LogP contribution in [-0.4, -0.2) is 25.1 Å². The number of anilines is 2. The summed E-state index contributed by atoms with van der Waals surface area (Å²) in [6, 6.07) is 14.6. The van der Waals surface area contributed by atoms with E-state index in [0.29, 0.717) is 33.5 Å². The molecule has 0 aliphatic carbocycles. The van der Waals surface area contributed by atoms with Crippen molar-refractivity contribution in [3.05, 3.63) is 76.6 Å². The summed E-state index contributed by atoms with van der Waals surface area (Å²) in [6.07, 6.45) is 1.15. The smallest absolute Gasteiger partial charge is 0.262 e. The summed E-state index contributed by atoms with van der Waals surface area (Å²) < 4.78 is 10.9. The number of pyridine rings is 1. The lowest BCUT2D eigenvalue weighted by Crippen LogP contribution is -2.32. The highest BCUT2D eigenvalue weighted by Crippen LogP contribution is 2.42. The third kappa shape index (κ3) is 3.36. The van der Waals surface area contributed by atoms with Crippen molar-refractivity contribution in [1.29, 1.82) is 0 Å². The Morgan fingerprint density at radius 1 is 1.10 bits per heavy atom. The number of carbonyl (C=O) groups excluding carboxylic acids is 1. The van der Waals surface area contributed by atoms with Crippen molar-refractivity contribution in [2.24, 2.45) is 0 Å². The van der Waals surface area contributed by atoms with E-state index < -0.39 is 6.17 Å². The van der Waals surface area contributed by atoms with Crippen LogP contribution in [0.2, 0.25) is 5.02 Å². The summed E-state index contributed by atoms with van der Waals surface area (Å²) >= 11 is 6.30. The lowest BCUT2D eigenvalue weighted by Gasteiger charge is -2.28. The monoisotopic (exact) mass is 409 g/mol. The van der Waals surface area contributed by atoms with Crippen molar-refractivity contribution in [3.63, 3.8) is 0 Å². The molecule has 3 aromatic rings. The quantitative estimate of drug-likeness (QED) is 0.653. The Bertz CT molecular complexity index is 1090. The fourth-order valence-corrected chi connectivity index (χ4v) is 3.57. The number of amides is 1. The van der Waals surface area contributed by atoms with Crippen LogP contribution >= 0.6 is 11.6 Å². The minimum atomic E-state index is -0.529. The molecule has 1 aliphatic rings. The number of rotatable bonds is 5. The maximum atomic E-state index is 13.3. The number of hydrogen-bond donors (Lipinski definition) is 1. The van der Waals surface area contributed by atoms with Gasteiger partial charge in [0.05, 0.1) is 31.2 Å². The van der Waals surface area contributed by atoms with Crippen LogP contribution in [0.5, 0.6) is 11.5 Å². The Morgan fingerprint density at radius 3 is 2.66 bits per heavy atom. The van der Waals surface area contributed by atoms with Crippen molar-refractivity contribution in [1.82, 2.24) is 4.98 Å². The maximum Gasteiger partial charge on any atom is 0.262 e. The number of aryl methyl sites for hydroxylation is 1. The Kier molecular flexibility index (Phi) is 5.03. The van der Waals surface area contributed by atoms with Gasteiger partial charge in [-0.15, -0.1) is 0 Å². The van der Waals surface area contributed by atoms with Crippen LogP contribution in [0.25, 0.3) is 0 Å². The van der Waals surface area contributed by atoms with Gasteiger partial charge >= 0.3 is 0 Å². The van der Waals surface area contributed by atoms with Gasteiger partial charge in [-0.1, -0.05) is 17.7 Å². The summed E-state index contributed by atoms with van der Waals surface area (Å²) in [5.41, 5.74) is 3.52. The number of hydrogen-bond acceptors (Lipinski definition) is 5. The lowest BCUT2D eigenvalue weighted by molar-refractivity contribution is 0.0992. The van der Waals surface area contributed by atoms with Gasteiger partial charge in [0.15, 0.2) is 6.17 Å². The topological polar surface area (TPSA) is 63.7 Å². The minimum absolute atomic E-state index is 0.171. The summed E-state index contributed by atoms with van der Waals surface area (Å²) in [6.45, 7) is 1.94. The van der Waals surface area contributed by atoms with E-state index in [1.807, 2.05) is 25.1 Å². The molecule has 29 heavy (non-hydrogen) atoms. The van der Waals surface area contributed by atoms with Gasteiger partial charge in [-0.05, 0) is 48.9 Å². The first-order valence-corrected chi connectivity index (χ1v) is 9.44. The van der Waals surface area contributed by atoms with Crippen molar-refractivity contribution >= 4 is 28.9 Å². The highest BCUT2D eigenvalue weighted by molar-refractivity contribution is 6.31. The van der Waals surface area contributed by atoms with E-state index in [1.165, 1.54) is 0 Å². The highest BCUT2D eigenvalue weighted by Gasteiger charge is 2.40. The van der Waals surface area contributed by atoms with E-state index >= 15 is 0 Å². The summed E-state index contributed by atoms with van der Waals surface area (Å²) in [7, 11) is 3.15. The van der Waals surface area contributed by atoms with Crippen molar-refractivity contribution in [2.75, 3.05) is 24.4 Å². The Morgan fingerprint density at radius 2 is 1.93 bits per heavy atom. The standard InChI is InChI=1S/C22H20ClN3O3/c1-13-6-7-14(11-17(13)23)25-21-20-16(5-4-10-24-20)22(27)26(21)18-12-15(28-2)8-9-19(18)29-3/h4-12,21,25H,1-3H3/t21-/m1/s1. The molecule has 4 rings (SSSR count). The SMILES string of the molecule is COc1ccc(OC)c(N2C(=O)c3cccnc3[C@@H]2Nc2ccc(C)c(Cl)c2)c1. The molecule has 1 aliphatic heterocycles. The molecule has 6 nitrogen and oxygen atoms in total. The molecular weight excluding hydrogens is 390 g/mol. The van der Waals surface area contributed by atoms with Gasteiger partial charge in [0.25, 0.3) is 5.91 Å². The third-order valence-electron chi connectivity index (χ3n) is 4.93. The number of nitrogens with one attached hydrogen (secondary N) is 1. The zero-order chi connectivity index (χ0) is 20.5. The Labute approximate surface area is 174 Å². The molecule has 2 aromatic carbocycles. The summed E-state index contributed by atoms with van der Waals surface area (Å²) in [4.78, 5) is 19.4. The van der Waals surface area contributed by atoms with E-state index in [-0.39, 0.29) is 5.91 Å². The number of ether oxygens (including phenoxy) is 2. The Hall–Kier alpha value is -3.25. The van der Waals surface area contributed by atoms with E-state index in [9.17, 15) is 4.79 Å². The van der Waals surface area contributed by atoms with Crippen LogP contribution in [-0.2, 0) is 0 Å². The fraction of sp³-hybridized carbons (Fsp3) is 0.182. The van der Waals surface area contributed by atoms with Crippen molar-refractivity contribution in [3.8, 4) is 11.5 Å². The molecule has 0 unspecified atom stereocenters. The van der Waals surface area contributed by atoms with Crippen LogP contribution in [0, 0.1) is 6.92 Å². The van der Waals surface area contributed by atoms with Gasteiger partial charge in [-0.3, -0.25) is 14.7 Å². The molecule has 0 bridgehead atoms. The van der Waals surface area contributed by atoms with E-state index in [1.54, 1.807) is 55.6 Å². The highest BCUT2D eigenvalue weighted by atomic mass is 35.5. The molecule has 1 atom stereocenters. The number of halogens is 1. The van der Waals surface area contributed by atoms with Crippen LogP contribution in [0.3, 0.4) is 0 Å². The number of benzene rings is 2. The van der Waals surface area contributed by atoms with Gasteiger partial charge in [0.1, 0.15) is 11.5 Å². The molecule has 0 radical (unpaired) electrons. The molecule has 0 saturated carbocycles. The molecule has 0 fully saturated rings. The van der Waals surface area contributed by atoms with Crippen molar-refractivity contribution < 1.29 is 14.3 Å². The van der Waals surface area contributed by atoms with Gasteiger partial charge in [-0.25, -0.2) is 0 Å². The molecule has 1 aromatic heterocycles. The van der Waals surface area contributed by atoms with Crippen LogP contribution in [0.15, 0.2) is 54.7 Å². The predicted molar refractivity (Wildman–Crippen MR) is 113 cm³/mol. The average molecular weight is 410 g/mol. The molecule has 148 valence electrons. The van der Waals surface area contributed by atoms with Crippen LogP contribution in [0.4, 0.5) is 11.4 Å². The first-order chi connectivity index (χ1) is 14.0. The molecule has 1 amide bonds. The molecule has 7 heteroatoms. The van der Waals surface area contributed by atoms with E-state index in [0.717, 1.165) is 11.3 Å².